The van der Waals surface area contributed by atoms with E-state index in [0.717, 1.165) is 41.6 Å². The molecule has 0 amide bonds. The number of hydrogen-bond acceptors (Lipinski definition) is 3. The van der Waals surface area contributed by atoms with Crippen LogP contribution in [0.1, 0.15) is 43.0 Å². The monoisotopic (exact) mass is 380 g/mol. The summed E-state index contributed by atoms with van der Waals surface area (Å²) in [7, 11) is 0. The number of pyridine rings is 1. The molecule has 0 radical (unpaired) electrons. The molecule has 0 aliphatic carbocycles. The first-order chi connectivity index (χ1) is 12.9. The van der Waals surface area contributed by atoms with E-state index in [1.807, 2.05) is 6.07 Å². The van der Waals surface area contributed by atoms with Gasteiger partial charge in [-0.05, 0) is 63.1 Å². The predicted molar refractivity (Wildman–Crippen MR) is 112 cm³/mol. The van der Waals surface area contributed by atoms with Crippen molar-refractivity contribution in [3.05, 3.63) is 70.4 Å². The highest BCUT2D eigenvalue weighted by Crippen LogP contribution is 2.42. The summed E-state index contributed by atoms with van der Waals surface area (Å²) < 4.78 is 6.31. The van der Waals surface area contributed by atoms with E-state index < -0.39 is 0 Å². The van der Waals surface area contributed by atoms with Gasteiger partial charge in [0.15, 0.2) is 0 Å². The number of ether oxygens (including phenoxy) is 1. The lowest BCUT2D eigenvalue weighted by Gasteiger charge is -2.38. The van der Waals surface area contributed by atoms with Gasteiger partial charge in [-0.1, -0.05) is 41.9 Å². The molecule has 27 heavy (non-hydrogen) atoms. The van der Waals surface area contributed by atoms with Gasteiger partial charge in [-0.3, -0.25) is 0 Å². The highest BCUT2D eigenvalue weighted by Gasteiger charge is 2.34. The van der Waals surface area contributed by atoms with Gasteiger partial charge in [0.05, 0.1) is 5.52 Å². The summed E-state index contributed by atoms with van der Waals surface area (Å²) in [5.41, 5.74) is 4.35. The Kier molecular flexibility index (Phi) is 4.83. The van der Waals surface area contributed by atoms with Crippen LogP contribution in [0.2, 0.25) is 5.15 Å². The van der Waals surface area contributed by atoms with Gasteiger partial charge in [-0.2, -0.15) is 0 Å². The van der Waals surface area contributed by atoms with Crippen LogP contribution in [0, 0.1) is 6.92 Å². The van der Waals surface area contributed by atoms with Crippen LogP contribution < -0.4 is 10.1 Å². The Morgan fingerprint density at radius 2 is 1.96 bits per heavy atom. The van der Waals surface area contributed by atoms with Gasteiger partial charge in [0.1, 0.15) is 16.5 Å². The number of aromatic nitrogens is 1. The van der Waals surface area contributed by atoms with Crippen molar-refractivity contribution >= 4 is 22.5 Å². The summed E-state index contributed by atoms with van der Waals surface area (Å²) in [6.45, 7) is 7.29. The number of nitrogens with zero attached hydrogens (tertiary/aromatic N) is 1. The fraction of sp³-hybridized carbons (Fsp3) is 0.348. The SMILES string of the molecule is Cc1cc(Cl)nc2cc3c(cc12)OC(C)(C)CC3NCCc1ccccc1. The maximum atomic E-state index is 6.31. The van der Waals surface area contributed by atoms with Gasteiger partial charge in [0, 0.05) is 23.4 Å². The normalized spacial score (nSPS) is 18.1. The van der Waals surface area contributed by atoms with Gasteiger partial charge < -0.3 is 10.1 Å². The third-order valence-electron chi connectivity index (χ3n) is 5.22. The zero-order valence-electron chi connectivity index (χ0n) is 16.1. The van der Waals surface area contributed by atoms with Crippen molar-refractivity contribution in [3.8, 4) is 5.75 Å². The van der Waals surface area contributed by atoms with E-state index in [9.17, 15) is 0 Å². The molecule has 0 fully saturated rings. The van der Waals surface area contributed by atoms with Gasteiger partial charge in [0.25, 0.3) is 0 Å². The molecule has 4 heteroatoms. The third kappa shape index (κ3) is 3.95. The zero-order chi connectivity index (χ0) is 19.0. The van der Waals surface area contributed by atoms with Crippen molar-refractivity contribution in [2.24, 2.45) is 0 Å². The molecular formula is C23H25ClN2O. The van der Waals surface area contributed by atoms with Gasteiger partial charge in [-0.15, -0.1) is 0 Å². The standard InChI is InChI=1S/C23H25ClN2O/c1-15-11-22(24)26-19-12-18-20(25-10-9-16-7-5-4-6-8-16)14-23(2,3)27-21(18)13-17(15)19/h4-8,11-13,20,25H,9-10,14H2,1-3H3. The van der Waals surface area contributed by atoms with Crippen molar-refractivity contribution in [3.63, 3.8) is 0 Å². The molecule has 4 rings (SSSR count). The lowest BCUT2D eigenvalue weighted by Crippen LogP contribution is -2.40. The first-order valence-electron chi connectivity index (χ1n) is 9.48. The first kappa shape index (κ1) is 18.3. The number of hydrogen-bond donors (Lipinski definition) is 1. The maximum absolute atomic E-state index is 6.31. The highest BCUT2D eigenvalue weighted by atomic mass is 35.5. The zero-order valence-corrected chi connectivity index (χ0v) is 16.8. The molecular weight excluding hydrogens is 356 g/mol. The summed E-state index contributed by atoms with van der Waals surface area (Å²) >= 11 is 6.18. The molecule has 1 aliphatic heterocycles. The Balaban J connectivity index is 1.64. The topological polar surface area (TPSA) is 34.1 Å². The van der Waals surface area contributed by atoms with Crippen LogP contribution in [0.4, 0.5) is 0 Å². The summed E-state index contributed by atoms with van der Waals surface area (Å²) in [6.07, 6.45) is 1.92. The first-order valence-corrected chi connectivity index (χ1v) is 9.86. The molecule has 3 nitrogen and oxygen atoms in total. The molecule has 1 aliphatic rings. The summed E-state index contributed by atoms with van der Waals surface area (Å²) in [5, 5.41) is 5.36. The van der Waals surface area contributed by atoms with E-state index in [1.165, 1.54) is 11.1 Å². The van der Waals surface area contributed by atoms with Crippen molar-refractivity contribution in [2.75, 3.05) is 6.54 Å². The molecule has 1 atom stereocenters. The van der Waals surface area contributed by atoms with E-state index in [1.54, 1.807) is 0 Å². The molecule has 0 spiro atoms. The summed E-state index contributed by atoms with van der Waals surface area (Å²) in [5.74, 6) is 0.947. The Morgan fingerprint density at radius 3 is 2.74 bits per heavy atom. The number of nitrogens with one attached hydrogen (secondary N) is 1. The second-order valence-corrected chi connectivity index (χ2v) is 8.36. The van der Waals surface area contributed by atoms with E-state index in [4.69, 9.17) is 16.3 Å². The van der Waals surface area contributed by atoms with Crippen LogP contribution in [0.25, 0.3) is 10.9 Å². The summed E-state index contributed by atoms with van der Waals surface area (Å²) in [4.78, 5) is 4.53. The number of halogens is 1. The minimum atomic E-state index is -0.209. The van der Waals surface area contributed by atoms with E-state index >= 15 is 0 Å². The summed E-state index contributed by atoms with van der Waals surface area (Å²) in [6, 6.07) is 17.0. The van der Waals surface area contributed by atoms with Crippen LogP contribution in [-0.4, -0.2) is 17.1 Å². The second-order valence-electron chi connectivity index (χ2n) is 7.98. The van der Waals surface area contributed by atoms with Crippen LogP contribution in [-0.2, 0) is 6.42 Å². The molecule has 2 aromatic carbocycles. The molecule has 140 valence electrons. The Bertz CT molecular complexity index is 969. The number of aryl methyl sites for hydroxylation is 1. The van der Waals surface area contributed by atoms with Gasteiger partial charge in [0.2, 0.25) is 0 Å². The Morgan fingerprint density at radius 1 is 1.19 bits per heavy atom. The molecule has 1 aromatic heterocycles. The van der Waals surface area contributed by atoms with Crippen molar-refractivity contribution < 1.29 is 4.74 Å². The average molecular weight is 381 g/mol. The Labute approximate surface area is 165 Å². The van der Waals surface area contributed by atoms with Crippen LogP contribution in [0.5, 0.6) is 5.75 Å². The highest BCUT2D eigenvalue weighted by molar-refractivity contribution is 6.29. The van der Waals surface area contributed by atoms with E-state index in [-0.39, 0.29) is 11.6 Å². The van der Waals surface area contributed by atoms with Gasteiger partial charge >= 0.3 is 0 Å². The molecule has 1 N–H and O–H groups in total. The van der Waals surface area contributed by atoms with Crippen molar-refractivity contribution in [1.82, 2.24) is 10.3 Å². The quantitative estimate of drug-likeness (QED) is 0.595. The molecule has 2 heterocycles. The van der Waals surface area contributed by atoms with E-state index in [0.29, 0.717) is 5.15 Å². The predicted octanol–water partition coefficient (Wildman–Crippen LogP) is 5.63. The molecule has 0 saturated carbocycles. The molecule has 3 aromatic rings. The number of fused-ring (bicyclic) bond motifs is 2. The fourth-order valence-corrected chi connectivity index (χ4v) is 4.17. The van der Waals surface area contributed by atoms with Crippen LogP contribution in [0.15, 0.2) is 48.5 Å². The van der Waals surface area contributed by atoms with Crippen LogP contribution in [0.3, 0.4) is 0 Å². The second kappa shape index (κ2) is 7.14. The van der Waals surface area contributed by atoms with Gasteiger partial charge in [-0.25, -0.2) is 4.98 Å². The minimum absolute atomic E-state index is 0.209. The Hall–Kier alpha value is -2.10. The van der Waals surface area contributed by atoms with Crippen molar-refractivity contribution in [1.29, 1.82) is 0 Å². The third-order valence-corrected chi connectivity index (χ3v) is 5.41. The lowest BCUT2D eigenvalue weighted by molar-refractivity contribution is 0.0664. The fourth-order valence-electron chi connectivity index (χ4n) is 3.92. The number of rotatable bonds is 4. The molecule has 1 unspecified atom stereocenters. The average Bonchev–Trinajstić information content (AvgIpc) is 2.61. The smallest absolute Gasteiger partial charge is 0.130 e. The molecule has 0 saturated heterocycles. The van der Waals surface area contributed by atoms with Crippen molar-refractivity contribution in [2.45, 2.75) is 45.3 Å². The minimum Gasteiger partial charge on any atom is -0.487 e. The number of benzene rings is 2. The largest absolute Gasteiger partial charge is 0.487 e. The lowest BCUT2D eigenvalue weighted by atomic mass is 9.88. The maximum Gasteiger partial charge on any atom is 0.130 e. The van der Waals surface area contributed by atoms with E-state index in [2.05, 4.69) is 73.5 Å². The molecule has 0 bridgehead atoms. The van der Waals surface area contributed by atoms with Crippen LogP contribution >= 0.6 is 11.6 Å².